The average molecular weight is 621 g/mol. The van der Waals surface area contributed by atoms with Crippen LogP contribution < -0.4 is 15.4 Å². The van der Waals surface area contributed by atoms with Crippen molar-refractivity contribution in [1.82, 2.24) is 24.7 Å². The lowest BCUT2D eigenvalue weighted by atomic mass is 10.1. The van der Waals surface area contributed by atoms with Gasteiger partial charge in [0.25, 0.3) is 11.8 Å². The summed E-state index contributed by atoms with van der Waals surface area (Å²) in [6.07, 6.45) is 3.12. The molecule has 0 aliphatic carbocycles. The number of nitrogens with one attached hydrogen (secondary N) is 2. The van der Waals surface area contributed by atoms with Crippen LogP contribution in [-0.4, -0.2) is 82.7 Å². The number of imidazole rings is 1. The van der Waals surface area contributed by atoms with E-state index in [4.69, 9.17) is 23.2 Å². The molecule has 0 unspecified atom stereocenters. The summed E-state index contributed by atoms with van der Waals surface area (Å²) in [6, 6.07) is 7.08. The van der Waals surface area contributed by atoms with Gasteiger partial charge in [0.15, 0.2) is 11.6 Å². The highest BCUT2D eigenvalue weighted by Gasteiger charge is 2.31. The number of alkyl halides is 1. The maximum absolute atomic E-state index is 14.9. The number of hydrogen-bond donors (Lipinski definition) is 2. The quantitative estimate of drug-likeness (QED) is 0.411. The molecular formula is C28H28Cl2F2N6O4. The molecule has 1 atom stereocenters. The number of ether oxygens (including phenoxy) is 1. The van der Waals surface area contributed by atoms with Crippen LogP contribution in [-0.2, 0) is 11.8 Å². The minimum absolute atomic E-state index is 0.0268. The first-order chi connectivity index (χ1) is 20.2. The summed E-state index contributed by atoms with van der Waals surface area (Å²) in [5, 5.41) is 5.66. The summed E-state index contributed by atoms with van der Waals surface area (Å²) in [5.74, 6) is -1.80. The number of benzene rings is 2. The number of carbonyl (C=O) groups excluding carboxylic acids is 3. The van der Waals surface area contributed by atoms with Gasteiger partial charge in [0, 0.05) is 44.5 Å². The molecule has 2 aliphatic rings. The molecular weight excluding hydrogens is 593 g/mol. The Morgan fingerprint density at radius 3 is 2.52 bits per heavy atom. The van der Waals surface area contributed by atoms with Gasteiger partial charge in [0.1, 0.15) is 10.8 Å². The van der Waals surface area contributed by atoms with Gasteiger partial charge in [-0.1, -0.05) is 23.2 Å². The summed E-state index contributed by atoms with van der Waals surface area (Å²) in [5.41, 5.74) is 0.907. The van der Waals surface area contributed by atoms with Crippen LogP contribution in [0.1, 0.15) is 33.8 Å². The van der Waals surface area contributed by atoms with Crippen molar-refractivity contribution in [2.45, 2.75) is 18.9 Å². The summed E-state index contributed by atoms with van der Waals surface area (Å²) in [7, 11) is 1.53. The minimum Gasteiger partial charge on any atom is -0.461 e. The second-order valence-electron chi connectivity index (χ2n) is 9.93. The Morgan fingerprint density at radius 2 is 1.86 bits per heavy atom. The second kappa shape index (κ2) is 12.6. The van der Waals surface area contributed by atoms with Gasteiger partial charge in [0.2, 0.25) is 12.8 Å². The average Bonchev–Trinajstić information content (AvgIpc) is 3.66. The maximum atomic E-state index is 14.9. The number of anilines is 1. The van der Waals surface area contributed by atoms with Crippen molar-refractivity contribution >= 4 is 46.6 Å². The zero-order valence-electron chi connectivity index (χ0n) is 22.6. The highest BCUT2D eigenvalue weighted by atomic mass is 35.5. The largest absolute Gasteiger partial charge is 0.461 e. The normalized spacial score (nSPS) is 16.9. The van der Waals surface area contributed by atoms with E-state index in [0.29, 0.717) is 31.9 Å². The molecule has 2 aromatic carbocycles. The van der Waals surface area contributed by atoms with E-state index in [9.17, 15) is 23.2 Å². The van der Waals surface area contributed by atoms with Gasteiger partial charge in [-0.3, -0.25) is 14.4 Å². The van der Waals surface area contributed by atoms with E-state index in [0.717, 1.165) is 19.4 Å². The first-order valence-electron chi connectivity index (χ1n) is 13.3. The van der Waals surface area contributed by atoms with Gasteiger partial charge < -0.3 is 29.7 Å². The summed E-state index contributed by atoms with van der Waals surface area (Å²) in [4.78, 5) is 46.4. The van der Waals surface area contributed by atoms with Gasteiger partial charge in [-0.05, 0) is 49.7 Å². The number of piperazine rings is 1. The molecule has 5 rings (SSSR count). The molecule has 2 aliphatic heterocycles. The van der Waals surface area contributed by atoms with Crippen molar-refractivity contribution in [2.75, 3.05) is 44.9 Å². The zero-order valence-corrected chi connectivity index (χ0v) is 24.1. The topological polar surface area (TPSA) is 109 Å². The molecule has 2 fully saturated rings. The number of aromatic nitrogens is 2. The van der Waals surface area contributed by atoms with Gasteiger partial charge in [-0.25, -0.2) is 13.8 Å². The number of rotatable bonds is 7. The molecule has 3 heterocycles. The second-order valence-corrected chi connectivity index (χ2v) is 10.7. The number of halogens is 4. The first kappa shape index (κ1) is 29.7. The molecule has 222 valence electrons. The Morgan fingerprint density at radius 1 is 1.12 bits per heavy atom. The zero-order chi connectivity index (χ0) is 30.0. The Bertz CT molecular complexity index is 1520. The summed E-state index contributed by atoms with van der Waals surface area (Å²) >= 11 is 12.4. The number of carbonyl (C=O) groups is 3. The molecule has 2 saturated heterocycles. The van der Waals surface area contributed by atoms with Crippen LogP contribution in [0.4, 0.5) is 14.5 Å². The van der Waals surface area contributed by atoms with Crippen LogP contribution in [0.25, 0.3) is 11.3 Å². The highest BCUT2D eigenvalue weighted by molar-refractivity contribution is 6.34. The van der Waals surface area contributed by atoms with Crippen LogP contribution in [0.3, 0.4) is 0 Å². The van der Waals surface area contributed by atoms with Crippen molar-refractivity contribution in [2.24, 2.45) is 7.05 Å². The van der Waals surface area contributed by atoms with E-state index in [-0.39, 0.29) is 51.3 Å². The van der Waals surface area contributed by atoms with Crippen molar-refractivity contribution in [3.8, 4) is 17.0 Å². The third-order valence-corrected chi connectivity index (χ3v) is 8.08. The SMILES string of the molecule is Cn1c(-c2ccc(OCF)c(Cl)c2F)cnc1C(=O)Nc1ccc(C(=O)N2CCN(C(=O)[C@@H]3CCCN3)CC2)c(Cl)c1. The summed E-state index contributed by atoms with van der Waals surface area (Å²) < 4.78 is 33.4. The predicted molar refractivity (Wildman–Crippen MR) is 153 cm³/mol. The molecule has 2 N–H and O–H groups in total. The predicted octanol–water partition coefficient (Wildman–Crippen LogP) is 4.13. The molecule has 42 heavy (non-hydrogen) atoms. The fourth-order valence-corrected chi connectivity index (χ4v) is 5.62. The van der Waals surface area contributed by atoms with Gasteiger partial charge >= 0.3 is 0 Å². The Labute approximate surface area is 250 Å². The van der Waals surface area contributed by atoms with Crippen molar-refractivity contribution in [1.29, 1.82) is 0 Å². The molecule has 0 bridgehead atoms. The Balaban J connectivity index is 1.23. The van der Waals surface area contributed by atoms with E-state index in [2.05, 4.69) is 20.4 Å². The number of hydrogen-bond acceptors (Lipinski definition) is 6. The fourth-order valence-electron chi connectivity index (χ4n) is 5.14. The molecule has 10 nitrogen and oxygen atoms in total. The van der Waals surface area contributed by atoms with E-state index in [1.807, 2.05) is 0 Å². The minimum atomic E-state index is -1.16. The molecule has 3 amide bonds. The van der Waals surface area contributed by atoms with Gasteiger partial charge in [-0.2, -0.15) is 0 Å². The molecule has 0 spiro atoms. The van der Waals surface area contributed by atoms with Crippen molar-refractivity contribution in [3.05, 3.63) is 63.8 Å². The van der Waals surface area contributed by atoms with Gasteiger partial charge in [-0.15, -0.1) is 0 Å². The fraction of sp³-hybridized carbons (Fsp3) is 0.357. The van der Waals surface area contributed by atoms with E-state index in [1.54, 1.807) is 15.9 Å². The maximum Gasteiger partial charge on any atom is 0.291 e. The summed E-state index contributed by atoms with van der Waals surface area (Å²) in [6.45, 7) is 1.37. The van der Waals surface area contributed by atoms with Crippen LogP contribution in [0.5, 0.6) is 5.75 Å². The molecule has 0 saturated carbocycles. The smallest absolute Gasteiger partial charge is 0.291 e. The molecule has 3 aromatic rings. The van der Waals surface area contributed by atoms with Crippen LogP contribution in [0.15, 0.2) is 36.5 Å². The monoisotopic (exact) mass is 620 g/mol. The highest BCUT2D eigenvalue weighted by Crippen LogP contribution is 2.35. The number of nitrogens with zero attached hydrogens (tertiary/aromatic N) is 4. The van der Waals surface area contributed by atoms with Crippen LogP contribution in [0.2, 0.25) is 10.0 Å². The van der Waals surface area contributed by atoms with Crippen LogP contribution in [0, 0.1) is 5.82 Å². The van der Waals surface area contributed by atoms with E-state index in [1.165, 1.54) is 42.1 Å². The molecule has 14 heteroatoms. The standard InChI is InChI=1S/C28H28Cl2F2N6O4/c1-36-21(18-6-7-22(42-15-31)23(30)24(18)32)14-34-25(36)26(39)35-16-4-5-17(19(29)13-16)27(40)37-9-11-38(12-10-37)28(41)20-3-2-8-33-20/h4-7,13-14,20,33H,2-3,8-12,15H2,1H3,(H,35,39)/t20-/m0/s1. The lowest BCUT2D eigenvalue weighted by Crippen LogP contribution is -2.54. The lowest BCUT2D eigenvalue weighted by molar-refractivity contribution is -0.134. The van der Waals surface area contributed by atoms with Gasteiger partial charge in [0.05, 0.1) is 28.5 Å². The van der Waals surface area contributed by atoms with Crippen LogP contribution >= 0.6 is 23.2 Å². The van der Waals surface area contributed by atoms with E-state index < -0.39 is 23.6 Å². The lowest BCUT2D eigenvalue weighted by Gasteiger charge is -2.36. The van der Waals surface area contributed by atoms with Crippen molar-refractivity contribution in [3.63, 3.8) is 0 Å². The molecule has 1 aromatic heterocycles. The van der Waals surface area contributed by atoms with E-state index >= 15 is 0 Å². The Hall–Kier alpha value is -3.74. The first-order valence-corrected chi connectivity index (χ1v) is 14.1. The third-order valence-electron chi connectivity index (χ3n) is 7.42. The van der Waals surface area contributed by atoms with Crippen molar-refractivity contribution < 1.29 is 27.9 Å². The third kappa shape index (κ3) is 5.92. The number of amides is 3. The Kier molecular flexibility index (Phi) is 8.95. The molecule has 0 radical (unpaired) electrons.